The van der Waals surface area contributed by atoms with E-state index in [1.54, 1.807) is 0 Å². The van der Waals surface area contributed by atoms with Gasteiger partial charge in [-0.15, -0.1) is 18.8 Å². The number of allylic oxidation sites excluding steroid dienone is 3. The molecular weight excluding hydrogens is 595 g/mol. The summed E-state index contributed by atoms with van der Waals surface area (Å²) in [7, 11) is -2.11. The first-order chi connectivity index (χ1) is 21.4. The van der Waals surface area contributed by atoms with Crippen molar-refractivity contribution in [3.63, 3.8) is 0 Å². The zero-order valence-corrected chi connectivity index (χ0v) is 27.6. The van der Waals surface area contributed by atoms with Crippen molar-refractivity contribution in [2.45, 2.75) is 9.79 Å². The summed E-state index contributed by atoms with van der Waals surface area (Å²) < 4.78 is 4.61. The first kappa shape index (κ1) is 31.8. The summed E-state index contributed by atoms with van der Waals surface area (Å²) in [6, 6.07) is 24.1. The Morgan fingerprint density at radius 1 is 0.844 bits per heavy atom. The summed E-state index contributed by atoms with van der Waals surface area (Å²) in [4.78, 5) is 8.87. The van der Waals surface area contributed by atoms with Gasteiger partial charge in [-0.2, -0.15) is 0 Å². The number of anilines is 3. The Morgan fingerprint density at radius 2 is 1.49 bits per heavy atom. The van der Waals surface area contributed by atoms with Gasteiger partial charge in [0, 0.05) is 71.9 Å². The lowest BCUT2D eigenvalue weighted by atomic mass is 10.0. The van der Waals surface area contributed by atoms with Gasteiger partial charge in [0.1, 0.15) is 5.82 Å². The molecule has 7 nitrogen and oxygen atoms in total. The summed E-state index contributed by atoms with van der Waals surface area (Å²) in [5.41, 5.74) is 18.7. The first-order valence-corrected chi connectivity index (χ1v) is 18.4. The van der Waals surface area contributed by atoms with Crippen molar-refractivity contribution >= 4 is 70.6 Å². The standard InChI is InChI=1S/C36H43N7S2/c1-8-30-28-14-13-15-29(26-28)43(45(6,7)35-19-12-10-17-32(35)38)25-24-42(44(4,5)34-18-11-9-16-31(34)37)23-21-39-27(2)33-20-22-41(3)36(30)40-33/h8-20,22,26,39H,1-2,4-7,21,23-25,37-38H2,3H3/b36-30+. The van der Waals surface area contributed by atoms with Gasteiger partial charge in [-0.05, 0) is 48.0 Å². The van der Waals surface area contributed by atoms with Gasteiger partial charge in [-0.1, -0.05) is 79.1 Å². The normalized spacial score (nSPS) is 18.4. The molecule has 0 atom stereocenters. The molecule has 5 N–H and O–H groups in total. The fraction of sp³-hybridized carbons (Fsp3) is 0.139. The van der Waals surface area contributed by atoms with Crippen LogP contribution in [0.3, 0.4) is 0 Å². The third-order valence-corrected chi connectivity index (χ3v) is 13.0. The van der Waals surface area contributed by atoms with E-state index >= 15 is 0 Å². The highest BCUT2D eigenvalue weighted by Crippen LogP contribution is 2.45. The Hall–Kier alpha value is -4.57. The molecule has 0 amide bonds. The highest BCUT2D eigenvalue weighted by atomic mass is 32.2. The van der Waals surface area contributed by atoms with Crippen LogP contribution < -0.4 is 21.1 Å². The molecule has 0 aliphatic carbocycles. The minimum atomic E-state index is -2.10. The summed E-state index contributed by atoms with van der Waals surface area (Å²) in [6.45, 7) is 10.9. The molecule has 3 aromatic carbocycles. The van der Waals surface area contributed by atoms with Crippen LogP contribution in [0, 0.1) is 0 Å². The Labute approximate surface area is 269 Å². The smallest absolute Gasteiger partial charge is 0.140 e. The van der Waals surface area contributed by atoms with Gasteiger partial charge in [0.15, 0.2) is 0 Å². The highest BCUT2D eigenvalue weighted by molar-refractivity contribution is 8.29. The maximum atomic E-state index is 6.55. The highest BCUT2D eigenvalue weighted by Gasteiger charge is 2.23. The number of nitrogens with two attached hydrogens (primary N) is 2. The van der Waals surface area contributed by atoms with Crippen LogP contribution in [0.4, 0.5) is 17.1 Å². The molecule has 0 fully saturated rings. The van der Waals surface area contributed by atoms with Gasteiger partial charge in [0.05, 0.1) is 11.4 Å². The van der Waals surface area contributed by atoms with Gasteiger partial charge in [0.25, 0.3) is 0 Å². The summed E-state index contributed by atoms with van der Waals surface area (Å²) in [6.07, 6.45) is 5.81. The number of hydrogen-bond donors (Lipinski definition) is 3. The van der Waals surface area contributed by atoms with Crippen LogP contribution in [0.5, 0.6) is 0 Å². The number of aliphatic imine (C=N–C) groups is 1. The maximum absolute atomic E-state index is 6.55. The van der Waals surface area contributed by atoms with Crippen LogP contribution in [0.15, 0.2) is 131 Å². The molecule has 9 heteroatoms. The van der Waals surface area contributed by atoms with E-state index < -0.39 is 18.8 Å². The predicted octanol–water partition coefficient (Wildman–Crippen LogP) is 6.12. The van der Waals surface area contributed by atoms with Crippen molar-refractivity contribution in [2.24, 2.45) is 4.99 Å². The summed E-state index contributed by atoms with van der Waals surface area (Å²) in [5, 5.41) is 3.50. The molecule has 45 heavy (non-hydrogen) atoms. The Bertz CT molecular complexity index is 1950. The number of hydrogen-bond acceptors (Lipinski definition) is 7. The Kier molecular flexibility index (Phi) is 9.06. The lowest BCUT2D eigenvalue weighted by Crippen LogP contribution is -2.36. The van der Waals surface area contributed by atoms with Crippen molar-refractivity contribution in [1.29, 1.82) is 0 Å². The van der Waals surface area contributed by atoms with Crippen LogP contribution in [0.2, 0.25) is 0 Å². The molecule has 0 saturated heterocycles. The largest absolute Gasteiger partial charge is 0.398 e. The number of nitrogen functional groups attached to an aromatic ring is 2. The van der Waals surface area contributed by atoms with Gasteiger partial charge < -0.3 is 26.0 Å². The molecule has 0 spiro atoms. The molecule has 0 unspecified atom stereocenters. The van der Waals surface area contributed by atoms with E-state index in [-0.39, 0.29) is 0 Å². The van der Waals surface area contributed by atoms with Crippen molar-refractivity contribution in [2.75, 3.05) is 49.0 Å². The van der Waals surface area contributed by atoms with Gasteiger partial charge in [0.2, 0.25) is 0 Å². The summed E-state index contributed by atoms with van der Waals surface area (Å²) >= 11 is 0. The number of nitrogens with zero attached hydrogens (tertiary/aromatic N) is 4. The molecule has 3 aromatic rings. The summed E-state index contributed by atoms with van der Waals surface area (Å²) in [5.74, 6) is 19.6. The third-order valence-electron chi connectivity index (χ3n) is 8.04. The van der Waals surface area contributed by atoms with Crippen molar-refractivity contribution in [3.8, 4) is 0 Å². The molecule has 234 valence electrons. The number of rotatable bonds is 5. The van der Waals surface area contributed by atoms with Gasteiger partial charge >= 0.3 is 0 Å². The average Bonchev–Trinajstić information content (AvgIpc) is 3.01. The molecular formula is C36H43N7S2. The fourth-order valence-corrected chi connectivity index (χ4v) is 9.58. The molecule has 2 aliphatic heterocycles. The van der Waals surface area contributed by atoms with E-state index in [9.17, 15) is 0 Å². The average molecular weight is 638 g/mol. The predicted molar refractivity (Wildman–Crippen MR) is 206 cm³/mol. The number of nitrogens with one attached hydrogen (secondary N) is 1. The minimum absolute atomic E-state index is 0.594. The minimum Gasteiger partial charge on any atom is -0.398 e. The van der Waals surface area contributed by atoms with Crippen LogP contribution in [-0.2, 0) is 0 Å². The number of para-hydroxylation sites is 2. The second-order valence-corrected chi connectivity index (χ2v) is 16.3. The first-order valence-electron chi connectivity index (χ1n) is 14.6. The van der Waals surface area contributed by atoms with Gasteiger partial charge in [-0.3, -0.25) is 4.31 Å². The van der Waals surface area contributed by atoms with Crippen LogP contribution in [-0.4, -0.2) is 71.6 Å². The molecule has 0 aromatic heterocycles. The monoisotopic (exact) mass is 637 g/mol. The van der Waals surface area contributed by atoms with E-state index in [1.807, 2.05) is 84.9 Å². The van der Waals surface area contributed by atoms with E-state index in [4.69, 9.17) is 28.2 Å². The molecule has 2 heterocycles. The SMILES string of the molecule is C=C/C1=C2/N=C(C=CN2C)C(=C)NCCN(S(=C)(=C)c2ccccc2N)CCN(S(=C)(=C)c2ccccc2N)c2cccc1c2. The maximum Gasteiger partial charge on any atom is 0.140 e. The molecule has 0 saturated carbocycles. The number of benzene rings is 3. The van der Waals surface area contributed by atoms with Gasteiger partial charge in [-0.25, -0.2) is 4.99 Å². The van der Waals surface area contributed by atoms with Crippen LogP contribution in [0.1, 0.15) is 5.56 Å². The third kappa shape index (κ3) is 6.33. The molecule has 2 aliphatic rings. The molecule has 0 radical (unpaired) electrons. The molecule has 4 bridgehead atoms. The number of fused-ring (bicyclic) bond motifs is 3. The second-order valence-electron chi connectivity index (χ2n) is 11.1. The fourth-order valence-electron chi connectivity index (χ4n) is 5.57. The van der Waals surface area contributed by atoms with E-state index in [0.29, 0.717) is 37.6 Å². The topological polar surface area (TPSA) is 86.2 Å². The van der Waals surface area contributed by atoms with Crippen LogP contribution >= 0.6 is 18.8 Å². The van der Waals surface area contributed by atoms with Crippen molar-refractivity contribution in [3.05, 3.63) is 121 Å². The lowest BCUT2D eigenvalue weighted by molar-refractivity contribution is 0.476. The quantitative estimate of drug-likeness (QED) is 0.231. The zero-order chi connectivity index (χ0) is 32.4. The molecule has 5 rings (SSSR count). The van der Waals surface area contributed by atoms with Crippen LogP contribution in [0.25, 0.3) is 5.57 Å². The van der Waals surface area contributed by atoms with Crippen molar-refractivity contribution < 1.29 is 0 Å². The Balaban J connectivity index is 1.70. The second kappa shape index (κ2) is 12.8. The zero-order valence-electron chi connectivity index (χ0n) is 26.0. The van der Waals surface area contributed by atoms with Crippen molar-refractivity contribution in [1.82, 2.24) is 14.5 Å². The van der Waals surface area contributed by atoms with E-state index in [0.717, 1.165) is 43.8 Å². The van der Waals surface area contributed by atoms with E-state index in [2.05, 4.69) is 57.0 Å². The Morgan fingerprint density at radius 3 is 2.13 bits per heavy atom. The lowest BCUT2D eigenvalue weighted by Gasteiger charge is -2.38. The van der Waals surface area contributed by atoms with E-state index in [1.165, 1.54) is 0 Å².